The second-order valence-corrected chi connectivity index (χ2v) is 7.19. The number of imidazole rings is 1. The van der Waals surface area contributed by atoms with E-state index in [0.717, 1.165) is 17.8 Å². The molecular weight excluding hydrogens is 368 g/mol. The van der Waals surface area contributed by atoms with Gasteiger partial charge < -0.3 is 13.8 Å². The number of piperidine rings is 1. The van der Waals surface area contributed by atoms with Crippen LogP contribution in [0, 0.1) is 0 Å². The van der Waals surface area contributed by atoms with Crippen LogP contribution in [0.5, 0.6) is 0 Å². The van der Waals surface area contributed by atoms with E-state index in [1.54, 1.807) is 6.20 Å². The zero-order valence-electron chi connectivity index (χ0n) is 15.8. The molecule has 0 spiro atoms. The van der Waals surface area contributed by atoms with E-state index >= 15 is 0 Å². The van der Waals surface area contributed by atoms with E-state index in [1.165, 1.54) is 0 Å². The van der Waals surface area contributed by atoms with Crippen molar-refractivity contribution in [3.63, 3.8) is 0 Å². The highest BCUT2D eigenvalue weighted by atomic mass is 16.5. The molecule has 0 saturated carbocycles. The zero-order chi connectivity index (χ0) is 19.6. The second-order valence-electron chi connectivity index (χ2n) is 7.19. The Bertz CT molecular complexity index is 1100. The molecule has 1 aliphatic heterocycles. The lowest BCUT2D eigenvalue weighted by Gasteiger charge is -2.30. The third kappa shape index (κ3) is 3.61. The van der Waals surface area contributed by atoms with Crippen molar-refractivity contribution in [3.8, 4) is 11.5 Å². The summed E-state index contributed by atoms with van der Waals surface area (Å²) in [5.41, 5.74) is 2.48. The lowest BCUT2D eigenvalue weighted by Crippen LogP contribution is -2.40. The first-order chi connectivity index (χ1) is 14.3. The first-order valence-electron chi connectivity index (χ1n) is 9.72. The SMILES string of the molecule is O=C1CC[C@@H](c2nc(-c3cn4ccccc4n3)no2)CN1CCc1ccccn1. The van der Waals surface area contributed by atoms with Gasteiger partial charge in [0.15, 0.2) is 0 Å². The Morgan fingerprint density at radius 2 is 2.07 bits per heavy atom. The van der Waals surface area contributed by atoms with E-state index < -0.39 is 0 Å². The number of aromatic nitrogens is 5. The molecule has 0 aromatic carbocycles. The summed E-state index contributed by atoms with van der Waals surface area (Å²) in [6, 6.07) is 11.6. The van der Waals surface area contributed by atoms with Gasteiger partial charge in [-0.05, 0) is 30.7 Å². The van der Waals surface area contributed by atoms with Gasteiger partial charge in [0.2, 0.25) is 17.6 Å². The molecule has 146 valence electrons. The molecule has 8 heteroatoms. The fraction of sp³-hybridized carbons (Fsp3) is 0.286. The van der Waals surface area contributed by atoms with Crippen LogP contribution in [0.4, 0.5) is 0 Å². The molecule has 1 aliphatic rings. The summed E-state index contributed by atoms with van der Waals surface area (Å²) in [6.07, 6.45) is 7.52. The number of carbonyl (C=O) groups is 1. The molecule has 1 amide bonds. The van der Waals surface area contributed by atoms with Crippen molar-refractivity contribution >= 4 is 11.6 Å². The minimum Gasteiger partial charge on any atom is -0.342 e. The molecule has 1 fully saturated rings. The van der Waals surface area contributed by atoms with E-state index in [2.05, 4.69) is 20.1 Å². The lowest BCUT2D eigenvalue weighted by atomic mass is 9.97. The summed E-state index contributed by atoms with van der Waals surface area (Å²) in [7, 11) is 0. The smallest absolute Gasteiger partial charge is 0.231 e. The number of carbonyl (C=O) groups excluding carboxylic acids is 1. The van der Waals surface area contributed by atoms with Crippen molar-refractivity contribution in [2.45, 2.75) is 25.2 Å². The van der Waals surface area contributed by atoms with Crippen molar-refractivity contribution in [1.82, 2.24) is 29.4 Å². The highest BCUT2D eigenvalue weighted by Crippen LogP contribution is 2.28. The van der Waals surface area contributed by atoms with E-state index in [4.69, 9.17) is 4.52 Å². The van der Waals surface area contributed by atoms with Crippen molar-refractivity contribution in [1.29, 1.82) is 0 Å². The summed E-state index contributed by atoms with van der Waals surface area (Å²) in [6.45, 7) is 1.22. The number of likely N-dealkylation sites (tertiary alicyclic amines) is 1. The monoisotopic (exact) mass is 388 g/mol. The lowest BCUT2D eigenvalue weighted by molar-refractivity contribution is -0.133. The van der Waals surface area contributed by atoms with Gasteiger partial charge in [0.1, 0.15) is 11.3 Å². The molecule has 4 aromatic rings. The Hall–Kier alpha value is -3.55. The van der Waals surface area contributed by atoms with Gasteiger partial charge >= 0.3 is 0 Å². The fourth-order valence-corrected chi connectivity index (χ4v) is 3.68. The van der Waals surface area contributed by atoms with E-state index in [0.29, 0.717) is 43.3 Å². The maximum Gasteiger partial charge on any atom is 0.231 e. The summed E-state index contributed by atoms with van der Waals surface area (Å²) in [5.74, 6) is 1.24. The van der Waals surface area contributed by atoms with E-state index in [9.17, 15) is 4.79 Å². The molecule has 5 rings (SSSR count). The molecule has 0 radical (unpaired) electrons. The van der Waals surface area contributed by atoms with Crippen LogP contribution in [0.1, 0.15) is 30.3 Å². The molecule has 0 N–H and O–H groups in total. The highest BCUT2D eigenvalue weighted by Gasteiger charge is 2.30. The Morgan fingerprint density at radius 1 is 1.14 bits per heavy atom. The molecule has 0 unspecified atom stereocenters. The maximum absolute atomic E-state index is 12.3. The highest BCUT2D eigenvalue weighted by molar-refractivity contribution is 5.77. The molecule has 1 atom stereocenters. The number of hydrogen-bond donors (Lipinski definition) is 0. The summed E-state index contributed by atoms with van der Waals surface area (Å²) in [4.78, 5) is 27.7. The fourth-order valence-electron chi connectivity index (χ4n) is 3.68. The van der Waals surface area contributed by atoms with Crippen LogP contribution in [0.3, 0.4) is 0 Å². The number of hydrogen-bond acceptors (Lipinski definition) is 6. The summed E-state index contributed by atoms with van der Waals surface area (Å²) < 4.78 is 7.46. The normalized spacial score (nSPS) is 17.2. The van der Waals surface area contributed by atoms with Gasteiger partial charge in [0, 0.05) is 50.2 Å². The van der Waals surface area contributed by atoms with Gasteiger partial charge in [-0.3, -0.25) is 9.78 Å². The summed E-state index contributed by atoms with van der Waals surface area (Å²) in [5, 5.41) is 4.12. The standard InChI is InChI=1S/C21H20N6O2/c28-19-8-7-15(13-27(19)12-9-16-5-1-3-10-22-16)21-24-20(25-29-21)17-14-26-11-4-2-6-18(26)23-17/h1-6,10-11,14-15H,7-9,12-13H2/t15-/m1/s1. The minimum absolute atomic E-state index is 0.0368. The van der Waals surface area contributed by atoms with Crippen molar-refractivity contribution in [2.75, 3.05) is 13.1 Å². The summed E-state index contributed by atoms with van der Waals surface area (Å²) >= 11 is 0. The number of pyridine rings is 2. The van der Waals surface area contributed by atoms with Crippen LogP contribution in [-0.4, -0.2) is 48.4 Å². The average molecular weight is 388 g/mol. The molecule has 5 heterocycles. The van der Waals surface area contributed by atoms with E-state index in [1.807, 2.05) is 58.1 Å². The third-order valence-electron chi connectivity index (χ3n) is 5.25. The number of fused-ring (bicyclic) bond motifs is 1. The van der Waals surface area contributed by atoms with Crippen LogP contribution in [0.15, 0.2) is 59.5 Å². The van der Waals surface area contributed by atoms with Crippen LogP contribution in [-0.2, 0) is 11.2 Å². The molecule has 0 bridgehead atoms. The Morgan fingerprint density at radius 3 is 2.93 bits per heavy atom. The quantitative estimate of drug-likeness (QED) is 0.522. The molecular formula is C21H20N6O2. The topological polar surface area (TPSA) is 89.4 Å². The van der Waals surface area contributed by atoms with E-state index in [-0.39, 0.29) is 11.8 Å². The molecule has 1 saturated heterocycles. The Labute approximate surface area is 167 Å². The predicted octanol–water partition coefficient (Wildman–Crippen LogP) is 2.73. The van der Waals surface area contributed by atoms with Crippen LogP contribution in [0.25, 0.3) is 17.2 Å². The zero-order valence-corrected chi connectivity index (χ0v) is 15.8. The minimum atomic E-state index is 0.0368. The van der Waals surface area contributed by atoms with Gasteiger partial charge in [-0.1, -0.05) is 17.3 Å². The number of nitrogens with zero attached hydrogens (tertiary/aromatic N) is 6. The van der Waals surface area contributed by atoms with Crippen LogP contribution in [0.2, 0.25) is 0 Å². The van der Waals surface area contributed by atoms with Gasteiger partial charge in [-0.2, -0.15) is 4.98 Å². The Balaban J connectivity index is 1.30. The van der Waals surface area contributed by atoms with Gasteiger partial charge in [-0.15, -0.1) is 0 Å². The number of amides is 1. The van der Waals surface area contributed by atoms with Gasteiger partial charge in [-0.25, -0.2) is 4.98 Å². The first kappa shape index (κ1) is 17.5. The first-order valence-corrected chi connectivity index (χ1v) is 9.72. The maximum atomic E-state index is 12.3. The van der Waals surface area contributed by atoms with Crippen LogP contribution < -0.4 is 0 Å². The van der Waals surface area contributed by atoms with Gasteiger partial charge in [0.05, 0.1) is 5.92 Å². The average Bonchev–Trinajstić information content (AvgIpc) is 3.41. The molecule has 29 heavy (non-hydrogen) atoms. The van der Waals surface area contributed by atoms with Gasteiger partial charge in [0.25, 0.3) is 0 Å². The number of rotatable bonds is 5. The predicted molar refractivity (Wildman–Crippen MR) is 105 cm³/mol. The molecule has 0 aliphatic carbocycles. The van der Waals surface area contributed by atoms with Crippen molar-refractivity contribution in [3.05, 3.63) is 66.6 Å². The van der Waals surface area contributed by atoms with Crippen molar-refractivity contribution in [2.24, 2.45) is 0 Å². The third-order valence-corrected chi connectivity index (χ3v) is 5.25. The second kappa shape index (κ2) is 7.46. The molecule has 8 nitrogen and oxygen atoms in total. The Kier molecular flexibility index (Phi) is 4.51. The largest absolute Gasteiger partial charge is 0.342 e. The van der Waals surface area contributed by atoms with Crippen LogP contribution >= 0.6 is 0 Å². The molecule has 4 aromatic heterocycles. The van der Waals surface area contributed by atoms with Crippen molar-refractivity contribution < 1.29 is 9.32 Å².